The largest absolute Gasteiger partial charge is 0.497 e. The van der Waals surface area contributed by atoms with Crippen molar-refractivity contribution < 1.29 is 14.3 Å². The van der Waals surface area contributed by atoms with E-state index >= 15 is 0 Å². The summed E-state index contributed by atoms with van der Waals surface area (Å²) in [5, 5.41) is 5.66. The zero-order valence-electron chi connectivity index (χ0n) is 16.8. The minimum absolute atomic E-state index is 0.0482. The monoisotopic (exact) mass is 400 g/mol. The Labute approximate surface area is 176 Å². The van der Waals surface area contributed by atoms with E-state index in [0.29, 0.717) is 18.8 Å². The fourth-order valence-corrected chi connectivity index (χ4v) is 2.85. The molecule has 0 saturated carbocycles. The Balaban J connectivity index is 1.76. The Morgan fingerprint density at radius 3 is 1.63 bits per heavy atom. The standard InChI is InChI=1S/C25H24N2O3/c1-30-22-14-12-19(13-15-22)16-23(24(28)26-17-20-8-4-2-5-9-20)25(29)27-18-21-10-6-3-7-11-21/h2-16H,17-18H2,1H3,(H,26,28)(H,27,29). The normalized spacial score (nSPS) is 10.0. The molecular formula is C25H24N2O3. The Morgan fingerprint density at radius 1 is 0.733 bits per heavy atom. The summed E-state index contributed by atoms with van der Waals surface area (Å²) in [5.41, 5.74) is 2.70. The minimum atomic E-state index is -0.430. The quantitative estimate of drug-likeness (QED) is 0.344. The Morgan fingerprint density at radius 2 is 1.20 bits per heavy atom. The third-order valence-corrected chi connectivity index (χ3v) is 4.51. The van der Waals surface area contributed by atoms with Crippen LogP contribution in [-0.2, 0) is 22.7 Å². The van der Waals surface area contributed by atoms with Crippen molar-refractivity contribution >= 4 is 17.9 Å². The SMILES string of the molecule is COc1ccc(C=C(C(=O)NCc2ccccc2)C(=O)NCc2ccccc2)cc1. The highest BCUT2D eigenvalue weighted by Gasteiger charge is 2.18. The second-order valence-electron chi connectivity index (χ2n) is 6.67. The molecule has 3 aromatic rings. The minimum Gasteiger partial charge on any atom is -0.497 e. The number of amides is 2. The average Bonchev–Trinajstić information content (AvgIpc) is 2.81. The molecule has 0 aliphatic carbocycles. The summed E-state index contributed by atoms with van der Waals surface area (Å²) in [5.74, 6) is -0.156. The van der Waals surface area contributed by atoms with Crippen LogP contribution in [0, 0.1) is 0 Å². The summed E-state index contributed by atoms with van der Waals surface area (Å²) in [4.78, 5) is 25.7. The number of rotatable bonds is 8. The van der Waals surface area contributed by atoms with Gasteiger partial charge in [0.2, 0.25) is 0 Å². The molecule has 0 aromatic heterocycles. The maximum absolute atomic E-state index is 12.8. The van der Waals surface area contributed by atoms with Gasteiger partial charge in [0.1, 0.15) is 11.3 Å². The van der Waals surface area contributed by atoms with E-state index in [-0.39, 0.29) is 5.57 Å². The molecule has 0 spiro atoms. The molecule has 2 amide bonds. The van der Waals surface area contributed by atoms with E-state index in [9.17, 15) is 9.59 Å². The number of nitrogens with one attached hydrogen (secondary N) is 2. The summed E-state index contributed by atoms with van der Waals surface area (Å²) in [7, 11) is 1.59. The molecule has 2 N–H and O–H groups in total. The van der Waals surface area contributed by atoms with Crippen molar-refractivity contribution in [2.24, 2.45) is 0 Å². The van der Waals surface area contributed by atoms with Gasteiger partial charge < -0.3 is 15.4 Å². The van der Waals surface area contributed by atoms with Crippen LogP contribution in [0.3, 0.4) is 0 Å². The van der Waals surface area contributed by atoms with E-state index in [1.165, 1.54) is 0 Å². The van der Waals surface area contributed by atoms with Gasteiger partial charge in [-0.15, -0.1) is 0 Å². The van der Waals surface area contributed by atoms with E-state index in [4.69, 9.17) is 4.74 Å². The highest BCUT2D eigenvalue weighted by atomic mass is 16.5. The van der Waals surface area contributed by atoms with Crippen molar-refractivity contribution in [3.05, 3.63) is 107 Å². The molecule has 5 heteroatoms. The lowest BCUT2D eigenvalue weighted by atomic mass is 10.1. The van der Waals surface area contributed by atoms with E-state index in [1.54, 1.807) is 37.5 Å². The first-order chi connectivity index (χ1) is 14.7. The maximum atomic E-state index is 12.8. The molecule has 3 rings (SSSR count). The molecule has 0 atom stereocenters. The number of carbonyl (C=O) groups excluding carboxylic acids is 2. The van der Waals surface area contributed by atoms with Crippen LogP contribution < -0.4 is 15.4 Å². The van der Waals surface area contributed by atoms with Crippen molar-refractivity contribution in [3.63, 3.8) is 0 Å². The second kappa shape index (κ2) is 10.6. The predicted molar refractivity (Wildman–Crippen MR) is 118 cm³/mol. The lowest BCUT2D eigenvalue weighted by Gasteiger charge is -2.11. The van der Waals surface area contributed by atoms with E-state index in [0.717, 1.165) is 16.7 Å². The fraction of sp³-hybridized carbons (Fsp3) is 0.120. The highest BCUT2D eigenvalue weighted by Crippen LogP contribution is 2.15. The summed E-state index contributed by atoms with van der Waals surface area (Å²) >= 11 is 0. The van der Waals surface area contributed by atoms with Gasteiger partial charge in [0.05, 0.1) is 7.11 Å². The molecule has 0 saturated heterocycles. The number of hydrogen-bond acceptors (Lipinski definition) is 3. The molecular weight excluding hydrogens is 376 g/mol. The van der Waals surface area contributed by atoms with Gasteiger partial charge in [0.15, 0.2) is 0 Å². The van der Waals surface area contributed by atoms with E-state index in [1.807, 2.05) is 60.7 Å². The van der Waals surface area contributed by atoms with Crippen LogP contribution in [-0.4, -0.2) is 18.9 Å². The lowest BCUT2D eigenvalue weighted by Crippen LogP contribution is -2.34. The van der Waals surface area contributed by atoms with Crippen LogP contribution in [0.1, 0.15) is 16.7 Å². The van der Waals surface area contributed by atoms with Gasteiger partial charge in [0, 0.05) is 13.1 Å². The predicted octanol–water partition coefficient (Wildman–Crippen LogP) is 3.71. The first kappa shape index (κ1) is 20.9. The third kappa shape index (κ3) is 6.07. The van der Waals surface area contributed by atoms with E-state index in [2.05, 4.69) is 10.6 Å². The molecule has 0 bridgehead atoms. The van der Waals surface area contributed by atoms with Gasteiger partial charge in [-0.2, -0.15) is 0 Å². The van der Waals surface area contributed by atoms with Gasteiger partial charge in [-0.25, -0.2) is 0 Å². The fourth-order valence-electron chi connectivity index (χ4n) is 2.85. The van der Waals surface area contributed by atoms with Crippen LogP contribution in [0.4, 0.5) is 0 Å². The summed E-state index contributed by atoms with van der Waals surface area (Å²) in [6, 6.07) is 26.3. The zero-order chi connectivity index (χ0) is 21.2. The molecule has 0 heterocycles. The molecule has 0 radical (unpaired) electrons. The number of methoxy groups -OCH3 is 1. The first-order valence-electron chi connectivity index (χ1n) is 9.65. The van der Waals surface area contributed by atoms with Crippen molar-refractivity contribution in [1.29, 1.82) is 0 Å². The maximum Gasteiger partial charge on any atom is 0.257 e. The Hall–Kier alpha value is -3.86. The van der Waals surface area contributed by atoms with Crippen LogP contribution in [0.5, 0.6) is 5.75 Å². The van der Waals surface area contributed by atoms with E-state index < -0.39 is 11.8 Å². The molecule has 3 aromatic carbocycles. The molecule has 152 valence electrons. The third-order valence-electron chi connectivity index (χ3n) is 4.51. The first-order valence-corrected chi connectivity index (χ1v) is 9.65. The number of benzene rings is 3. The Bertz CT molecular complexity index is 940. The number of hydrogen-bond donors (Lipinski definition) is 2. The van der Waals surface area contributed by atoms with Gasteiger partial charge in [-0.3, -0.25) is 9.59 Å². The molecule has 0 aliphatic heterocycles. The van der Waals surface area contributed by atoms with Crippen molar-refractivity contribution in [3.8, 4) is 5.75 Å². The number of carbonyl (C=O) groups is 2. The van der Waals surface area contributed by atoms with Gasteiger partial charge in [-0.05, 0) is 34.9 Å². The topological polar surface area (TPSA) is 67.4 Å². The van der Waals surface area contributed by atoms with Crippen LogP contribution in [0.2, 0.25) is 0 Å². The molecule has 0 fully saturated rings. The lowest BCUT2D eigenvalue weighted by molar-refractivity contribution is -0.123. The van der Waals surface area contributed by atoms with Crippen molar-refractivity contribution in [2.75, 3.05) is 7.11 Å². The van der Waals surface area contributed by atoms with Gasteiger partial charge >= 0.3 is 0 Å². The van der Waals surface area contributed by atoms with Crippen molar-refractivity contribution in [1.82, 2.24) is 10.6 Å². The molecule has 0 unspecified atom stereocenters. The van der Waals surface area contributed by atoms with Crippen LogP contribution in [0.15, 0.2) is 90.5 Å². The molecule has 5 nitrogen and oxygen atoms in total. The highest BCUT2D eigenvalue weighted by molar-refractivity contribution is 6.21. The summed E-state index contributed by atoms with van der Waals surface area (Å²) in [6.45, 7) is 0.678. The van der Waals surface area contributed by atoms with Crippen LogP contribution in [0.25, 0.3) is 6.08 Å². The zero-order valence-corrected chi connectivity index (χ0v) is 16.8. The Kier molecular flexibility index (Phi) is 7.39. The summed E-state index contributed by atoms with van der Waals surface area (Å²) in [6.07, 6.45) is 1.58. The summed E-state index contributed by atoms with van der Waals surface area (Å²) < 4.78 is 5.16. The number of ether oxygens (including phenoxy) is 1. The smallest absolute Gasteiger partial charge is 0.257 e. The van der Waals surface area contributed by atoms with Gasteiger partial charge in [-0.1, -0.05) is 72.8 Å². The van der Waals surface area contributed by atoms with Crippen LogP contribution >= 0.6 is 0 Å². The second-order valence-corrected chi connectivity index (χ2v) is 6.67. The van der Waals surface area contributed by atoms with Gasteiger partial charge in [0.25, 0.3) is 11.8 Å². The molecule has 0 aliphatic rings. The van der Waals surface area contributed by atoms with Crippen molar-refractivity contribution in [2.45, 2.75) is 13.1 Å². The molecule has 30 heavy (non-hydrogen) atoms. The average molecular weight is 400 g/mol.